The molecular weight excluding hydrogens is 200 g/mol. The molecule has 0 unspecified atom stereocenters. The third-order valence-corrected chi connectivity index (χ3v) is 2.66. The monoisotopic (exact) mass is 212 g/mol. The molecule has 0 aliphatic heterocycles. The van der Waals surface area contributed by atoms with Crippen LogP contribution in [0.1, 0.15) is 22.3 Å². The average molecular weight is 212 g/mol. The van der Waals surface area contributed by atoms with E-state index in [0.29, 0.717) is 11.8 Å². The van der Waals surface area contributed by atoms with Gasteiger partial charge in [0.2, 0.25) is 0 Å². The van der Waals surface area contributed by atoms with E-state index < -0.39 is 0 Å². The van der Waals surface area contributed by atoms with Crippen LogP contribution in [0.15, 0.2) is 36.4 Å². The Morgan fingerprint density at radius 2 is 1.81 bits per heavy atom. The van der Waals surface area contributed by atoms with E-state index in [0.717, 1.165) is 16.3 Å². The van der Waals surface area contributed by atoms with Crippen molar-refractivity contribution in [3.8, 4) is 0 Å². The van der Waals surface area contributed by atoms with Gasteiger partial charge in [-0.1, -0.05) is 30.3 Å². The molecule has 0 aliphatic rings. The van der Waals surface area contributed by atoms with Crippen LogP contribution in [0.4, 0.5) is 0 Å². The number of aryl methyl sites for hydroxylation is 1. The van der Waals surface area contributed by atoms with E-state index in [1.165, 1.54) is 0 Å². The highest BCUT2D eigenvalue weighted by molar-refractivity contribution is 6.06. The molecule has 0 spiro atoms. The Morgan fingerprint density at radius 3 is 2.44 bits per heavy atom. The van der Waals surface area contributed by atoms with Gasteiger partial charge in [-0.05, 0) is 29.3 Å². The van der Waals surface area contributed by atoms with Gasteiger partial charge in [-0.15, -0.1) is 0 Å². The molecule has 0 radical (unpaired) electrons. The van der Waals surface area contributed by atoms with Gasteiger partial charge in [-0.3, -0.25) is 4.79 Å². The molecule has 0 aromatic heterocycles. The van der Waals surface area contributed by atoms with Crippen LogP contribution in [0, 0.1) is 6.92 Å². The molecule has 2 heteroatoms. The zero-order valence-electron chi connectivity index (χ0n) is 9.07. The summed E-state index contributed by atoms with van der Waals surface area (Å²) in [6.07, 6.45) is 0.607. The summed E-state index contributed by atoms with van der Waals surface area (Å²) in [5, 5.41) is 2.14. The number of rotatable bonds is 3. The van der Waals surface area contributed by atoms with Gasteiger partial charge in [0.15, 0.2) is 5.78 Å². The van der Waals surface area contributed by atoms with E-state index >= 15 is 0 Å². The number of carbonyl (C=O) groups is 2. The number of fused-ring (bicyclic) bond motifs is 1. The molecule has 16 heavy (non-hydrogen) atoms. The Morgan fingerprint density at radius 1 is 1.19 bits per heavy atom. The minimum absolute atomic E-state index is 0.0425. The zero-order chi connectivity index (χ0) is 11.5. The van der Waals surface area contributed by atoms with E-state index in [-0.39, 0.29) is 12.2 Å². The summed E-state index contributed by atoms with van der Waals surface area (Å²) >= 11 is 0. The second-order valence-corrected chi connectivity index (χ2v) is 3.81. The molecule has 0 N–H and O–H groups in total. The topological polar surface area (TPSA) is 34.1 Å². The molecule has 2 aromatic rings. The number of ketones is 1. The number of hydrogen-bond donors (Lipinski definition) is 0. The van der Waals surface area contributed by atoms with Gasteiger partial charge in [0.1, 0.15) is 6.29 Å². The smallest absolute Gasteiger partial charge is 0.170 e. The second-order valence-electron chi connectivity index (χ2n) is 3.81. The molecule has 2 nitrogen and oxygen atoms in total. The van der Waals surface area contributed by atoms with Crippen LogP contribution in [0.5, 0.6) is 0 Å². The maximum atomic E-state index is 11.7. The summed E-state index contributed by atoms with van der Waals surface area (Å²) in [5.74, 6) is -0.113. The molecule has 0 saturated carbocycles. The molecule has 0 amide bonds. The van der Waals surface area contributed by atoms with Crippen LogP contribution in [-0.4, -0.2) is 12.1 Å². The predicted molar refractivity (Wildman–Crippen MR) is 63.7 cm³/mol. The van der Waals surface area contributed by atoms with Gasteiger partial charge in [0.05, 0.1) is 6.42 Å². The summed E-state index contributed by atoms with van der Waals surface area (Å²) in [6, 6.07) is 11.7. The van der Waals surface area contributed by atoms with Crippen molar-refractivity contribution in [2.45, 2.75) is 13.3 Å². The highest BCUT2D eigenvalue weighted by Crippen LogP contribution is 2.20. The van der Waals surface area contributed by atoms with Crippen molar-refractivity contribution in [3.05, 3.63) is 47.5 Å². The molecule has 0 fully saturated rings. The lowest BCUT2D eigenvalue weighted by atomic mass is 9.98. The summed E-state index contributed by atoms with van der Waals surface area (Å²) in [7, 11) is 0. The Labute approximate surface area is 93.9 Å². The van der Waals surface area contributed by atoms with Crippen molar-refractivity contribution in [2.24, 2.45) is 0 Å². The lowest BCUT2D eigenvalue weighted by Gasteiger charge is -2.05. The SMILES string of the molecule is Cc1cc2ccccc2cc1C(=O)CC=O. The molecule has 0 atom stereocenters. The molecular formula is C14H12O2. The fraction of sp³-hybridized carbons (Fsp3) is 0.143. The van der Waals surface area contributed by atoms with Gasteiger partial charge in [-0.2, -0.15) is 0 Å². The van der Waals surface area contributed by atoms with Crippen LogP contribution in [0.3, 0.4) is 0 Å². The molecule has 2 rings (SSSR count). The second kappa shape index (κ2) is 4.27. The Bertz CT molecular complexity index is 556. The number of benzene rings is 2. The van der Waals surface area contributed by atoms with Gasteiger partial charge in [0.25, 0.3) is 0 Å². The largest absolute Gasteiger partial charge is 0.303 e. The van der Waals surface area contributed by atoms with Crippen molar-refractivity contribution in [1.29, 1.82) is 0 Å². The maximum absolute atomic E-state index is 11.7. The van der Waals surface area contributed by atoms with Crippen molar-refractivity contribution < 1.29 is 9.59 Å². The lowest BCUT2D eigenvalue weighted by molar-refractivity contribution is -0.107. The van der Waals surface area contributed by atoms with E-state index in [1.807, 2.05) is 43.3 Å². The van der Waals surface area contributed by atoms with Crippen LogP contribution >= 0.6 is 0 Å². The van der Waals surface area contributed by atoms with Crippen molar-refractivity contribution in [1.82, 2.24) is 0 Å². The predicted octanol–water partition coefficient (Wildman–Crippen LogP) is 2.92. The number of carbonyl (C=O) groups excluding carboxylic acids is 2. The third-order valence-electron chi connectivity index (χ3n) is 2.66. The first-order valence-electron chi connectivity index (χ1n) is 5.18. The fourth-order valence-electron chi connectivity index (χ4n) is 1.84. The van der Waals surface area contributed by atoms with Gasteiger partial charge in [-0.25, -0.2) is 0 Å². The summed E-state index contributed by atoms with van der Waals surface area (Å²) in [6.45, 7) is 1.89. The van der Waals surface area contributed by atoms with Gasteiger partial charge >= 0.3 is 0 Å². The van der Waals surface area contributed by atoms with Gasteiger partial charge < -0.3 is 4.79 Å². The Kier molecular flexibility index (Phi) is 2.82. The number of hydrogen-bond acceptors (Lipinski definition) is 2. The fourth-order valence-corrected chi connectivity index (χ4v) is 1.84. The average Bonchev–Trinajstić information content (AvgIpc) is 2.28. The first kappa shape index (κ1) is 10.6. The van der Waals surface area contributed by atoms with E-state index in [1.54, 1.807) is 0 Å². The maximum Gasteiger partial charge on any atom is 0.170 e. The van der Waals surface area contributed by atoms with E-state index in [9.17, 15) is 9.59 Å². The van der Waals surface area contributed by atoms with Gasteiger partial charge in [0, 0.05) is 5.56 Å². The first-order chi connectivity index (χ1) is 7.72. The normalized spacial score (nSPS) is 10.3. The Hall–Kier alpha value is -1.96. The molecule has 0 bridgehead atoms. The summed E-state index contributed by atoms with van der Waals surface area (Å²) in [4.78, 5) is 22.0. The Balaban J connectivity index is 2.58. The minimum Gasteiger partial charge on any atom is -0.303 e. The van der Waals surface area contributed by atoms with Crippen LogP contribution in [-0.2, 0) is 4.79 Å². The first-order valence-corrected chi connectivity index (χ1v) is 5.18. The molecule has 80 valence electrons. The summed E-state index contributed by atoms with van der Waals surface area (Å²) < 4.78 is 0. The van der Waals surface area contributed by atoms with Crippen LogP contribution in [0.25, 0.3) is 10.8 Å². The highest BCUT2D eigenvalue weighted by atomic mass is 16.1. The van der Waals surface area contributed by atoms with Crippen molar-refractivity contribution in [2.75, 3.05) is 0 Å². The lowest BCUT2D eigenvalue weighted by Crippen LogP contribution is -2.02. The zero-order valence-corrected chi connectivity index (χ0v) is 9.07. The number of aldehydes is 1. The highest BCUT2D eigenvalue weighted by Gasteiger charge is 2.09. The van der Waals surface area contributed by atoms with Crippen LogP contribution in [0.2, 0.25) is 0 Å². The summed E-state index contributed by atoms with van der Waals surface area (Å²) in [5.41, 5.74) is 1.57. The standard InChI is InChI=1S/C14H12O2/c1-10-8-11-4-2-3-5-12(11)9-13(10)14(16)6-7-15/h2-5,7-9H,6H2,1H3. The quantitative estimate of drug-likeness (QED) is 0.445. The van der Waals surface area contributed by atoms with Crippen molar-refractivity contribution >= 4 is 22.8 Å². The third kappa shape index (κ3) is 1.87. The molecule has 0 heterocycles. The number of Topliss-reactive ketones (excluding diaryl/α,β-unsaturated/α-hetero) is 1. The van der Waals surface area contributed by atoms with E-state index in [4.69, 9.17) is 0 Å². The minimum atomic E-state index is -0.113. The van der Waals surface area contributed by atoms with E-state index in [2.05, 4.69) is 0 Å². The van der Waals surface area contributed by atoms with Crippen LogP contribution < -0.4 is 0 Å². The molecule has 0 aliphatic carbocycles. The molecule has 2 aromatic carbocycles. The van der Waals surface area contributed by atoms with Crippen molar-refractivity contribution in [3.63, 3.8) is 0 Å². The molecule has 0 saturated heterocycles.